The van der Waals surface area contributed by atoms with Crippen LogP contribution in [0.5, 0.6) is 5.75 Å². The van der Waals surface area contributed by atoms with Crippen LogP contribution in [0.2, 0.25) is 0 Å². The maximum atomic E-state index is 12.4. The first kappa shape index (κ1) is 16.3. The lowest BCUT2D eigenvalue weighted by Gasteiger charge is -2.31. The van der Waals surface area contributed by atoms with Crippen molar-refractivity contribution in [3.05, 3.63) is 29.3 Å². The van der Waals surface area contributed by atoms with Crippen molar-refractivity contribution in [3.8, 4) is 5.75 Å². The fourth-order valence-corrected chi connectivity index (χ4v) is 3.82. The van der Waals surface area contributed by atoms with Crippen molar-refractivity contribution in [2.24, 2.45) is 11.8 Å². The molecule has 3 atom stereocenters. The standard InChI is InChI=1S/C18H25NO4/c1-22-13-7-8-14-12(10-13)4-2-5-15(17(14)20)16-6-3-9-23-11-19-18(16)21/h7-8,10,15-17,20H,2-6,9,11H2,1H3,(H,19,21). The van der Waals surface area contributed by atoms with Crippen molar-refractivity contribution in [2.45, 2.75) is 38.2 Å². The normalized spacial score (nSPS) is 28.8. The molecule has 1 aliphatic carbocycles. The lowest BCUT2D eigenvalue weighted by molar-refractivity contribution is -0.132. The second-order valence-corrected chi connectivity index (χ2v) is 6.41. The summed E-state index contributed by atoms with van der Waals surface area (Å²) in [4.78, 5) is 12.4. The Morgan fingerprint density at radius 2 is 2.17 bits per heavy atom. The van der Waals surface area contributed by atoms with Gasteiger partial charge in [-0.3, -0.25) is 4.79 Å². The number of aliphatic hydroxyl groups is 1. The van der Waals surface area contributed by atoms with E-state index in [4.69, 9.17) is 9.47 Å². The van der Waals surface area contributed by atoms with Gasteiger partial charge in [-0.05, 0) is 55.4 Å². The molecule has 126 valence electrons. The SMILES string of the molecule is COc1ccc2c(c1)CCCC(C1CCCOCNC1=O)C2O. The molecule has 3 rings (SSSR count). The molecule has 0 radical (unpaired) electrons. The molecule has 1 aliphatic heterocycles. The first-order chi connectivity index (χ1) is 11.2. The molecule has 2 aliphatic rings. The number of amides is 1. The summed E-state index contributed by atoms with van der Waals surface area (Å²) in [5, 5.41) is 13.8. The van der Waals surface area contributed by atoms with Crippen molar-refractivity contribution in [2.75, 3.05) is 20.4 Å². The fourth-order valence-electron chi connectivity index (χ4n) is 3.82. The summed E-state index contributed by atoms with van der Waals surface area (Å²) in [5.41, 5.74) is 2.08. The average Bonchev–Trinajstić information content (AvgIpc) is 2.70. The van der Waals surface area contributed by atoms with Crippen LogP contribution in [0.25, 0.3) is 0 Å². The Bertz CT molecular complexity index is 560. The van der Waals surface area contributed by atoms with Crippen molar-refractivity contribution < 1.29 is 19.4 Å². The van der Waals surface area contributed by atoms with Crippen LogP contribution in [-0.2, 0) is 16.0 Å². The van der Waals surface area contributed by atoms with Gasteiger partial charge in [-0.15, -0.1) is 0 Å². The molecule has 0 spiro atoms. The van der Waals surface area contributed by atoms with Gasteiger partial charge in [0.1, 0.15) is 12.5 Å². The average molecular weight is 319 g/mol. The van der Waals surface area contributed by atoms with Crippen LogP contribution in [0, 0.1) is 11.8 Å². The summed E-state index contributed by atoms with van der Waals surface area (Å²) in [6.07, 6.45) is 3.77. The maximum absolute atomic E-state index is 12.4. The van der Waals surface area contributed by atoms with Crippen LogP contribution in [0.4, 0.5) is 0 Å². The van der Waals surface area contributed by atoms with Gasteiger partial charge in [0.25, 0.3) is 0 Å². The fraction of sp³-hybridized carbons (Fsp3) is 0.611. The van der Waals surface area contributed by atoms with E-state index in [0.717, 1.165) is 49.0 Å². The van der Waals surface area contributed by atoms with E-state index in [1.165, 1.54) is 0 Å². The Hall–Kier alpha value is -1.59. The number of hydrogen-bond donors (Lipinski definition) is 2. The molecule has 1 aromatic rings. The zero-order valence-electron chi connectivity index (χ0n) is 13.6. The Morgan fingerprint density at radius 3 is 3.00 bits per heavy atom. The van der Waals surface area contributed by atoms with Gasteiger partial charge in [0.05, 0.1) is 13.2 Å². The molecule has 5 heteroatoms. The highest BCUT2D eigenvalue weighted by atomic mass is 16.5. The lowest BCUT2D eigenvalue weighted by Crippen LogP contribution is -2.40. The highest BCUT2D eigenvalue weighted by Crippen LogP contribution is 2.40. The number of ether oxygens (including phenoxy) is 2. The summed E-state index contributed by atoms with van der Waals surface area (Å²) >= 11 is 0. The Kier molecular flexibility index (Phi) is 5.18. The zero-order valence-corrected chi connectivity index (χ0v) is 13.6. The number of carbonyl (C=O) groups excluding carboxylic acids is 1. The molecule has 5 nitrogen and oxygen atoms in total. The van der Waals surface area contributed by atoms with Crippen LogP contribution in [0.3, 0.4) is 0 Å². The molecule has 0 bridgehead atoms. The third-order valence-electron chi connectivity index (χ3n) is 5.06. The number of benzene rings is 1. The molecule has 0 saturated carbocycles. The van der Waals surface area contributed by atoms with Crippen LogP contribution in [0.1, 0.15) is 42.9 Å². The molecular formula is C18H25NO4. The second kappa shape index (κ2) is 7.32. The predicted octanol–water partition coefficient (Wildman–Crippen LogP) is 2.18. The van der Waals surface area contributed by atoms with Crippen molar-refractivity contribution in [1.82, 2.24) is 5.32 Å². The topological polar surface area (TPSA) is 67.8 Å². The molecule has 1 heterocycles. The van der Waals surface area contributed by atoms with Crippen LogP contribution in [0.15, 0.2) is 18.2 Å². The Balaban J connectivity index is 1.85. The quantitative estimate of drug-likeness (QED) is 0.820. The molecule has 1 fully saturated rings. The van der Waals surface area contributed by atoms with Gasteiger partial charge in [0.15, 0.2) is 0 Å². The van der Waals surface area contributed by atoms with Crippen LogP contribution >= 0.6 is 0 Å². The van der Waals surface area contributed by atoms with E-state index < -0.39 is 6.10 Å². The summed E-state index contributed by atoms with van der Waals surface area (Å²) in [6, 6.07) is 5.84. The van der Waals surface area contributed by atoms with E-state index in [1.54, 1.807) is 7.11 Å². The summed E-state index contributed by atoms with van der Waals surface area (Å²) < 4.78 is 10.6. The third-order valence-corrected chi connectivity index (χ3v) is 5.06. The van der Waals surface area contributed by atoms with E-state index in [1.807, 2.05) is 18.2 Å². The number of hydrogen-bond acceptors (Lipinski definition) is 4. The molecule has 0 aromatic heterocycles. The number of rotatable bonds is 2. The molecule has 1 aromatic carbocycles. The van der Waals surface area contributed by atoms with Gasteiger partial charge in [0.2, 0.25) is 5.91 Å². The monoisotopic (exact) mass is 319 g/mol. The van der Waals surface area contributed by atoms with E-state index in [9.17, 15) is 9.90 Å². The Labute approximate surface area is 137 Å². The van der Waals surface area contributed by atoms with Crippen molar-refractivity contribution >= 4 is 5.91 Å². The van der Waals surface area contributed by atoms with Crippen LogP contribution in [-0.4, -0.2) is 31.5 Å². The third kappa shape index (κ3) is 3.51. The lowest BCUT2D eigenvalue weighted by atomic mass is 9.79. The van der Waals surface area contributed by atoms with E-state index in [-0.39, 0.29) is 24.5 Å². The number of fused-ring (bicyclic) bond motifs is 1. The van der Waals surface area contributed by atoms with Gasteiger partial charge in [0, 0.05) is 18.4 Å². The summed E-state index contributed by atoms with van der Waals surface area (Å²) in [7, 11) is 1.65. The van der Waals surface area contributed by atoms with Crippen LogP contribution < -0.4 is 10.1 Å². The number of methoxy groups -OCH3 is 1. The number of aryl methyl sites for hydroxylation is 1. The first-order valence-corrected chi connectivity index (χ1v) is 8.41. The molecule has 2 N–H and O–H groups in total. The van der Waals surface area contributed by atoms with Gasteiger partial charge >= 0.3 is 0 Å². The Morgan fingerprint density at radius 1 is 1.30 bits per heavy atom. The van der Waals surface area contributed by atoms with E-state index in [2.05, 4.69) is 5.32 Å². The minimum Gasteiger partial charge on any atom is -0.497 e. The molecule has 23 heavy (non-hydrogen) atoms. The first-order valence-electron chi connectivity index (χ1n) is 8.41. The van der Waals surface area contributed by atoms with Crippen molar-refractivity contribution in [3.63, 3.8) is 0 Å². The summed E-state index contributed by atoms with van der Waals surface area (Å²) in [6.45, 7) is 0.930. The van der Waals surface area contributed by atoms with E-state index >= 15 is 0 Å². The van der Waals surface area contributed by atoms with Gasteiger partial charge in [-0.2, -0.15) is 0 Å². The molecule has 1 saturated heterocycles. The van der Waals surface area contributed by atoms with Gasteiger partial charge < -0.3 is 19.9 Å². The molecule has 1 amide bonds. The second-order valence-electron chi connectivity index (χ2n) is 6.41. The highest BCUT2D eigenvalue weighted by Gasteiger charge is 2.36. The van der Waals surface area contributed by atoms with E-state index in [0.29, 0.717) is 6.61 Å². The van der Waals surface area contributed by atoms with Crippen molar-refractivity contribution in [1.29, 1.82) is 0 Å². The maximum Gasteiger partial charge on any atom is 0.225 e. The largest absolute Gasteiger partial charge is 0.497 e. The smallest absolute Gasteiger partial charge is 0.225 e. The molecular weight excluding hydrogens is 294 g/mol. The van der Waals surface area contributed by atoms with Gasteiger partial charge in [-0.25, -0.2) is 0 Å². The number of aliphatic hydroxyl groups excluding tert-OH is 1. The minimum absolute atomic E-state index is 0.00529. The zero-order chi connectivity index (χ0) is 16.2. The summed E-state index contributed by atoms with van der Waals surface area (Å²) in [5.74, 6) is 0.630. The number of nitrogens with one attached hydrogen (secondary N) is 1. The predicted molar refractivity (Wildman–Crippen MR) is 86.1 cm³/mol. The number of carbonyl (C=O) groups is 1. The highest BCUT2D eigenvalue weighted by molar-refractivity contribution is 5.79. The molecule has 3 unspecified atom stereocenters. The van der Waals surface area contributed by atoms with Gasteiger partial charge in [-0.1, -0.05) is 6.07 Å². The minimum atomic E-state index is -0.602.